The van der Waals surface area contributed by atoms with Crippen LogP contribution in [0.3, 0.4) is 0 Å². The molecule has 0 bridgehead atoms. The van der Waals surface area contributed by atoms with Crippen molar-refractivity contribution in [2.45, 2.75) is 6.04 Å². The number of hydrogen-bond acceptors (Lipinski definition) is 9. The molecule has 0 spiro atoms. The van der Waals surface area contributed by atoms with Crippen molar-refractivity contribution in [2.75, 3.05) is 4.90 Å². The summed E-state index contributed by atoms with van der Waals surface area (Å²) in [5, 5.41) is 20.5. The van der Waals surface area contributed by atoms with Gasteiger partial charge in [0.1, 0.15) is 17.2 Å². The number of carbonyl (C=O) groups excluding carboxylic acids is 2. The second-order valence-electron chi connectivity index (χ2n) is 5.11. The van der Waals surface area contributed by atoms with Crippen molar-refractivity contribution in [1.29, 1.82) is 0 Å². The van der Waals surface area contributed by atoms with Crippen molar-refractivity contribution in [1.82, 2.24) is 20.2 Å². The summed E-state index contributed by atoms with van der Waals surface area (Å²) in [5.41, 5.74) is 1.52. The van der Waals surface area contributed by atoms with Crippen LogP contribution >= 0.6 is 38.6 Å². The van der Waals surface area contributed by atoms with E-state index in [1.807, 2.05) is 11.4 Å². The van der Waals surface area contributed by atoms with Gasteiger partial charge in [0.25, 0.3) is 5.78 Å². The zero-order chi connectivity index (χ0) is 18.3. The molecule has 1 amide bonds. The van der Waals surface area contributed by atoms with Crippen molar-refractivity contribution in [3.63, 3.8) is 0 Å². The van der Waals surface area contributed by atoms with E-state index in [0.29, 0.717) is 9.35 Å². The first kappa shape index (κ1) is 16.9. The van der Waals surface area contributed by atoms with Crippen LogP contribution in [-0.2, 0) is 9.59 Å². The van der Waals surface area contributed by atoms with Crippen LogP contribution in [0.2, 0.25) is 0 Å². The number of hydrogen-bond donors (Lipinski definition) is 1. The van der Waals surface area contributed by atoms with Gasteiger partial charge >= 0.3 is 5.91 Å². The first-order valence-corrected chi connectivity index (χ1v) is 9.71. The Kier molecular flexibility index (Phi) is 4.34. The lowest BCUT2D eigenvalue weighted by Gasteiger charge is -2.21. The normalized spacial score (nSPS) is 19.3. The summed E-state index contributed by atoms with van der Waals surface area (Å²) in [5.74, 6) is -1.97. The Morgan fingerprint density at radius 3 is 2.73 bits per heavy atom. The number of anilines is 1. The standard InChI is InChI=1S/C15H8BrN5O3S2/c16-7-1-4-25-13(7)10-9(11(22)8-5-17-2-3-18-8)12(23)14(24)21(10)15-20-19-6-26-15/h1-6,10,22H/b11-9+. The quantitative estimate of drug-likeness (QED) is 0.371. The number of ketones is 1. The molecule has 0 aliphatic carbocycles. The molecule has 11 heteroatoms. The Hall–Kier alpha value is -2.50. The van der Waals surface area contributed by atoms with Crippen LogP contribution in [0.5, 0.6) is 0 Å². The topological polar surface area (TPSA) is 109 Å². The second-order valence-corrected chi connectivity index (χ2v) is 7.73. The van der Waals surface area contributed by atoms with Crippen LogP contribution in [0.15, 0.2) is 45.6 Å². The van der Waals surface area contributed by atoms with Crippen LogP contribution < -0.4 is 4.90 Å². The minimum atomic E-state index is -0.834. The smallest absolute Gasteiger partial charge is 0.301 e. The summed E-state index contributed by atoms with van der Waals surface area (Å²) < 4.78 is 0.717. The molecule has 1 N–H and O–H groups in total. The van der Waals surface area contributed by atoms with Gasteiger partial charge in [0.15, 0.2) is 5.76 Å². The third kappa shape index (κ3) is 2.64. The number of aromatic nitrogens is 4. The highest BCUT2D eigenvalue weighted by molar-refractivity contribution is 9.10. The van der Waals surface area contributed by atoms with Gasteiger partial charge in [-0.25, -0.2) is 4.98 Å². The Labute approximate surface area is 163 Å². The molecule has 0 saturated carbocycles. The van der Waals surface area contributed by atoms with E-state index in [4.69, 9.17) is 0 Å². The van der Waals surface area contributed by atoms with E-state index in [2.05, 4.69) is 36.1 Å². The predicted octanol–water partition coefficient (Wildman–Crippen LogP) is 2.78. The van der Waals surface area contributed by atoms with Gasteiger partial charge in [-0.1, -0.05) is 11.3 Å². The first-order valence-electron chi connectivity index (χ1n) is 7.16. The first-order chi connectivity index (χ1) is 12.6. The summed E-state index contributed by atoms with van der Waals surface area (Å²) in [7, 11) is 0. The van der Waals surface area contributed by atoms with Crippen LogP contribution in [0.25, 0.3) is 5.76 Å². The highest BCUT2D eigenvalue weighted by atomic mass is 79.9. The van der Waals surface area contributed by atoms with E-state index in [9.17, 15) is 14.7 Å². The fourth-order valence-electron chi connectivity index (χ4n) is 2.61. The van der Waals surface area contributed by atoms with E-state index >= 15 is 0 Å². The monoisotopic (exact) mass is 449 g/mol. The average Bonchev–Trinajstić information content (AvgIpc) is 3.37. The summed E-state index contributed by atoms with van der Waals surface area (Å²) in [6.45, 7) is 0. The van der Waals surface area contributed by atoms with Crippen LogP contribution in [0.1, 0.15) is 16.6 Å². The average molecular weight is 450 g/mol. The van der Waals surface area contributed by atoms with E-state index in [1.165, 1.54) is 40.3 Å². The minimum Gasteiger partial charge on any atom is -0.505 e. The van der Waals surface area contributed by atoms with Gasteiger partial charge < -0.3 is 5.11 Å². The SMILES string of the molecule is O=C1C(=O)N(c2nncs2)C(c2sccc2Br)/C1=C(\O)c1cnccn1. The maximum Gasteiger partial charge on any atom is 0.301 e. The molecule has 8 nitrogen and oxygen atoms in total. The van der Waals surface area contributed by atoms with Crippen LogP contribution in [-0.4, -0.2) is 37.0 Å². The lowest BCUT2D eigenvalue weighted by atomic mass is 10.0. The highest BCUT2D eigenvalue weighted by Gasteiger charge is 2.49. The van der Waals surface area contributed by atoms with E-state index < -0.39 is 17.7 Å². The molecule has 3 aromatic rings. The molecule has 4 rings (SSSR count). The fourth-order valence-corrected chi connectivity index (χ4v) is 4.88. The molecule has 1 fully saturated rings. The molecule has 26 heavy (non-hydrogen) atoms. The molecule has 1 aliphatic rings. The number of nitrogens with zero attached hydrogens (tertiary/aromatic N) is 5. The molecule has 130 valence electrons. The van der Waals surface area contributed by atoms with Gasteiger partial charge in [-0.2, -0.15) is 0 Å². The highest BCUT2D eigenvalue weighted by Crippen LogP contribution is 2.46. The van der Waals surface area contributed by atoms with E-state index in [-0.39, 0.29) is 22.2 Å². The molecule has 1 aliphatic heterocycles. The number of carbonyl (C=O) groups is 2. The summed E-state index contributed by atoms with van der Waals surface area (Å²) in [4.78, 5) is 35.3. The number of Topliss-reactive ketones (excluding diaryl/α,β-unsaturated/α-hetero) is 1. The van der Waals surface area contributed by atoms with Gasteiger partial charge in [0.05, 0.1) is 11.8 Å². The van der Waals surface area contributed by atoms with E-state index in [0.717, 1.165) is 11.3 Å². The van der Waals surface area contributed by atoms with E-state index in [1.54, 1.807) is 0 Å². The molecule has 1 unspecified atom stereocenters. The van der Waals surface area contributed by atoms with Crippen LogP contribution in [0.4, 0.5) is 5.13 Å². The van der Waals surface area contributed by atoms with Crippen molar-refractivity contribution < 1.29 is 14.7 Å². The molecule has 3 aromatic heterocycles. The third-order valence-electron chi connectivity index (χ3n) is 3.70. The fraction of sp³-hybridized carbons (Fsp3) is 0.0667. The predicted molar refractivity (Wildman–Crippen MR) is 98.7 cm³/mol. The Balaban J connectivity index is 1.96. The molecule has 1 atom stereocenters. The number of rotatable bonds is 3. The lowest BCUT2D eigenvalue weighted by Crippen LogP contribution is -2.29. The molecule has 0 radical (unpaired) electrons. The second kappa shape index (κ2) is 6.67. The number of aliphatic hydroxyl groups is 1. The zero-order valence-corrected chi connectivity index (χ0v) is 16.0. The third-order valence-corrected chi connectivity index (χ3v) is 6.31. The van der Waals surface area contributed by atoms with Crippen molar-refractivity contribution in [3.05, 3.63) is 56.2 Å². The molecule has 1 saturated heterocycles. The summed E-state index contributed by atoms with van der Waals surface area (Å²) >= 11 is 5.92. The zero-order valence-electron chi connectivity index (χ0n) is 12.7. The molecular formula is C15H8BrN5O3S2. The van der Waals surface area contributed by atoms with Gasteiger partial charge in [-0.3, -0.25) is 19.5 Å². The molecular weight excluding hydrogens is 442 g/mol. The van der Waals surface area contributed by atoms with Crippen molar-refractivity contribution >= 4 is 61.2 Å². The Morgan fingerprint density at radius 1 is 1.27 bits per heavy atom. The van der Waals surface area contributed by atoms with Crippen molar-refractivity contribution in [2.24, 2.45) is 0 Å². The number of halogens is 1. The van der Waals surface area contributed by atoms with Gasteiger partial charge in [0, 0.05) is 21.7 Å². The Morgan fingerprint density at radius 2 is 2.12 bits per heavy atom. The van der Waals surface area contributed by atoms with Crippen molar-refractivity contribution in [3.8, 4) is 0 Å². The minimum absolute atomic E-state index is 0.0612. The maximum absolute atomic E-state index is 12.7. The van der Waals surface area contributed by atoms with Gasteiger partial charge in [-0.05, 0) is 27.4 Å². The maximum atomic E-state index is 12.7. The summed E-state index contributed by atoms with van der Waals surface area (Å²) in [6, 6.07) is 0.974. The summed E-state index contributed by atoms with van der Waals surface area (Å²) in [6.07, 6.45) is 4.17. The number of thiophene rings is 1. The number of amides is 1. The lowest BCUT2D eigenvalue weighted by molar-refractivity contribution is -0.132. The molecule has 4 heterocycles. The largest absolute Gasteiger partial charge is 0.505 e. The van der Waals surface area contributed by atoms with Crippen LogP contribution in [0, 0.1) is 0 Å². The van der Waals surface area contributed by atoms with Gasteiger partial charge in [0.2, 0.25) is 5.13 Å². The van der Waals surface area contributed by atoms with Gasteiger partial charge in [-0.15, -0.1) is 21.5 Å². The Bertz CT molecular complexity index is 1020. The number of aliphatic hydroxyl groups excluding tert-OH is 1. The molecule has 0 aromatic carbocycles.